The van der Waals surface area contributed by atoms with Gasteiger partial charge in [0.1, 0.15) is 0 Å². The number of nitrogens with zero attached hydrogens (tertiary/aromatic N) is 2. The fraction of sp³-hybridized carbons (Fsp3) is 0.385. The van der Waals surface area contributed by atoms with E-state index in [2.05, 4.69) is 32.2 Å². The number of benzene rings is 2. The monoisotopic (exact) mass is 498 g/mol. The Morgan fingerprint density at radius 3 is 2.71 bits per heavy atom. The van der Waals surface area contributed by atoms with E-state index in [-0.39, 0.29) is 5.56 Å². The molecular formula is C26H31ClN4O2S. The van der Waals surface area contributed by atoms with E-state index in [1.165, 1.54) is 0 Å². The Hall–Kier alpha value is -2.45. The molecule has 0 amide bonds. The van der Waals surface area contributed by atoms with Gasteiger partial charge in [0.05, 0.1) is 19.8 Å². The van der Waals surface area contributed by atoms with Gasteiger partial charge < -0.3 is 19.9 Å². The molecule has 1 aliphatic rings. The normalized spacial score (nSPS) is 14.3. The topological polar surface area (TPSA) is 60.6 Å². The van der Waals surface area contributed by atoms with E-state index in [0.717, 1.165) is 67.8 Å². The standard InChI is InChI=1S/C26H31ClN4O2S/c1-19-14-21-15-22(25(32)29-24(21)16-23(19)27)18-31(17-20-6-3-2-4-7-20)26(34)28-8-5-9-30-10-12-33-13-11-30/h2-4,6-7,14-16H,5,8-13,17-18H2,1H3,(H,28,34)(H,29,32). The van der Waals surface area contributed by atoms with Crippen LogP contribution in [-0.2, 0) is 17.8 Å². The molecule has 1 fully saturated rings. The highest BCUT2D eigenvalue weighted by Crippen LogP contribution is 2.22. The van der Waals surface area contributed by atoms with Crippen LogP contribution in [-0.4, -0.2) is 59.3 Å². The number of morpholine rings is 1. The quantitative estimate of drug-likeness (QED) is 0.360. The summed E-state index contributed by atoms with van der Waals surface area (Å²) in [4.78, 5) is 20.3. The van der Waals surface area contributed by atoms with E-state index in [9.17, 15) is 4.79 Å². The van der Waals surface area contributed by atoms with Gasteiger partial charge >= 0.3 is 0 Å². The maximum absolute atomic E-state index is 12.9. The second kappa shape index (κ2) is 11.8. The van der Waals surface area contributed by atoms with E-state index in [1.807, 2.05) is 37.3 Å². The predicted octanol–water partition coefficient (Wildman–Crippen LogP) is 4.09. The van der Waals surface area contributed by atoms with Crippen LogP contribution in [0.15, 0.2) is 53.3 Å². The molecule has 0 bridgehead atoms. The number of aryl methyl sites for hydroxylation is 1. The molecule has 1 aliphatic heterocycles. The summed E-state index contributed by atoms with van der Waals surface area (Å²) in [6.45, 7) is 8.39. The lowest BCUT2D eigenvalue weighted by atomic mass is 10.1. The van der Waals surface area contributed by atoms with Crippen LogP contribution in [0, 0.1) is 6.92 Å². The number of aromatic amines is 1. The number of hydrogen-bond donors (Lipinski definition) is 2. The molecule has 0 spiro atoms. The number of hydrogen-bond acceptors (Lipinski definition) is 4. The number of halogens is 1. The number of aromatic nitrogens is 1. The molecule has 3 aromatic rings. The molecule has 1 saturated heterocycles. The molecule has 0 saturated carbocycles. The third-order valence-corrected chi connectivity index (χ3v) is 6.91. The van der Waals surface area contributed by atoms with Gasteiger partial charge in [0.25, 0.3) is 5.56 Å². The van der Waals surface area contributed by atoms with E-state index in [4.69, 9.17) is 28.6 Å². The number of thiocarbonyl (C=S) groups is 1. The number of fused-ring (bicyclic) bond motifs is 1. The zero-order valence-electron chi connectivity index (χ0n) is 19.5. The van der Waals surface area contributed by atoms with Crippen LogP contribution in [0.2, 0.25) is 5.02 Å². The summed E-state index contributed by atoms with van der Waals surface area (Å²) in [6.07, 6.45) is 0.996. The first-order chi connectivity index (χ1) is 16.5. The van der Waals surface area contributed by atoms with Crippen molar-refractivity contribution < 1.29 is 4.74 Å². The molecule has 0 aliphatic carbocycles. The third kappa shape index (κ3) is 6.57. The van der Waals surface area contributed by atoms with Crippen LogP contribution in [0.3, 0.4) is 0 Å². The highest BCUT2D eigenvalue weighted by Gasteiger charge is 2.15. The summed E-state index contributed by atoms with van der Waals surface area (Å²) < 4.78 is 5.42. The minimum absolute atomic E-state index is 0.124. The molecule has 2 N–H and O–H groups in total. The Balaban J connectivity index is 1.46. The van der Waals surface area contributed by atoms with Crippen molar-refractivity contribution in [1.29, 1.82) is 0 Å². The SMILES string of the molecule is Cc1cc2cc(CN(Cc3ccccc3)C(=S)NCCCN3CCOCC3)c(=O)[nH]c2cc1Cl. The van der Waals surface area contributed by atoms with Gasteiger partial charge in [-0.2, -0.15) is 0 Å². The van der Waals surface area contributed by atoms with Gasteiger partial charge in [-0.3, -0.25) is 9.69 Å². The lowest BCUT2D eigenvalue weighted by Gasteiger charge is -2.28. The van der Waals surface area contributed by atoms with E-state index >= 15 is 0 Å². The predicted molar refractivity (Wildman–Crippen MR) is 142 cm³/mol. The number of ether oxygens (including phenoxy) is 1. The van der Waals surface area contributed by atoms with Gasteiger partial charge in [-0.15, -0.1) is 0 Å². The molecule has 0 unspecified atom stereocenters. The summed E-state index contributed by atoms with van der Waals surface area (Å²) in [5.41, 5.74) is 3.40. The lowest BCUT2D eigenvalue weighted by Crippen LogP contribution is -2.42. The van der Waals surface area contributed by atoms with E-state index in [1.54, 1.807) is 6.07 Å². The molecule has 2 aromatic carbocycles. The van der Waals surface area contributed by atoms with Gasteiger partial charge in [0.2, 0.25) is 0 Å². The van der Waals surface area contributed by atoms with Crippen LogP contribution in [0.1, 0.15) is 23.1 Å². The molecule has 4 rings (SSSR count). The second-order valence-electron chi connectivity index (χ2n) is 8.69. The van der Waals surface area contributed by atoms with Gasteiger partial charge in [-0.1, -0.05) is 41.9 Å². The molecule has 0 atom stereocenters. The number of H-pyrrole nitrogens is 1. The molecule has 34 heavy (non-hydrogen) atoms. The highest BCUT2D eigenvalue weighted by molar-refractivity contribution is 7.80. The van der Waals surface area contributed by atoms with Crippen molar-refractivity contribution in [2.24, 2.45) is 0 Å². The van der Waals surface area contributed by atoms with Crippen molar-refractivity contribution in [3.63, 3.8) is 0 Å². The maximum Gasteiger partial charge on any atom is 0.253 e. The van der Waals surface area contributed by atoms with Crippen molar-refractivity contribution in [2.75, 3.05) is 39.4 Å². The summed E-state index contributed by atoms with van der Waals surface area (Å²) in [5, 5.41) is 5.66. The Morgan fingerprint density at radius 2 is 1.94 bits per heavy atom. The van der Waals surface area contributed by atoms with Crippen LogP contribution in [0.4, 0.5) is 0 Å². The van der Waals surface area contributed by atoms with Gasteiger partial charge in [-0.05, 0) is 66.8 Å². The average Bonchev–Trinajstić information content (AvgIpc) is 2.84. The van der Waals surface area contributed by atoms with E-state index < -0.39 is 0 Å². The first-order valence-corrected chi connectivity index (χ1v) is 12.5. The van der Waals surface area contributed by atoms with E-state index in [0.29, 0.717) is 28.8 Å². The first kappa shape index (κ1) is 24.7. The molecular weight excluding hydrogens is 468 g/mol. The molecule has 8 heteroatoms. The minimum Gasteiger partial charge on any atom is -0.379 e. The summed E-state index contributed by atoms with van der Waals surface area (Å²) in [5.74, 6) is 0. The number of rotatable bonds is 8. The van der Waals surface area contributed by atoms with Crippen LogP contribution in [0.25, 0.3) is 10.9 Å². The Bertz CT molecular complexity index is 1180. The molecule has 0 radical (unpaired) electrons. The molecule has 1 aromatic heterocycles. The Morgan fingerprint density at radius 1 is 1.18 bits per heavy atom. The minimum atomic E-state index is -0.124. The summed E-state index contributed by atoms with van der Waals surface area (Å²) >= 11 is 12.0. The number of nitrogens with one attached hydrogen (secondary N) is 2. The summed E-state index contributed by atoms with van der Waals surface area (Å²) in [7, 11) is 0. The summed E-state index contributed by atoms with van der Waals surface area (Å²) in [6, 6.07) is 15.9. The largest absolute Gasteiger partial charge is 0.379 e. The molecule has 6 nitrogen and oxygen atoms in total. The second-order valence-corrected chi connectivity index (χ2v) is 9.49. The van der Waals surface area contributed by atoms with Gasteiger partial charge in [0, 0.05) is 42.3 Å². The zero-order chi connectivity index (χ0) is 23.9. The van der Waals surface area contributed by atoms with Crippen molar-refractivity contribution >= 4 is 39.8 Å². The Labute approximate surface area is 210 Å². The van der Waals surface area contributed by atoms with Crippen LogP contribution < -0.4 is 10.9 Å². The van der Waals surface area contributed by atoms with Crippen LogP contribution in [0.5, 0.6) is 0 Å². The first-order valence-electron chi connectivity index (χ1n) is 11.7. The fourth-order valence-corrected chi connectivity index (χ4v) is 4.54. The Kier molecular flexibility index (Phi) is 8.56. The lowest BCUT2D eigenvalue weighted by molar-refractivity contribution is 0.0376. The average molecular weight is 499 g/mol. The maximum atomic E-state index is 12.9. The molecule has 180 valence electrons. The highest BCUT2D eigenvalue weighted by atomic mass is 35.5. The molecule has 2 heterocycles. The number of pyridine rings is 1. The van der Waals surface area contributed by atoms with Crippen LogP contribution >= 0.6 is 23.8 Å². The van der Waals surface area contributed by atoms with Crippen molar-refractivity contribution in [1.82, 2.24) is 20.1 Å². The van der Waals surface area contributed by atoms with Gasteiger partial charge in [-0.25, -0.2) is 0 Å². The zero-order valence-corrected chi connectivity index (χ0v) is 21.1. The van der Waals surface area contributed by atoms with Gasteiger partial charge in [0.15, 0.2) is 5.11 Å². The van der Waals surface area contributed by atoms with Crippen molar-refractivity contribution in [3.05, 3.63) is 80.6 Å². The van der Waals surface area contributed by atoms with Crippen molar-refractivity contribution in [3.8, 4) is 0 Å². The third-order valence-electron chi connectivity index (χ3n) is 6.10. The van der Waals surface area contributed by atoms with Crippen molar-refractivity contribution in [2.45, 2.75) is 26.4 Å². The fourth-order valence-electron chi connectivity index (χ4n) is 4.15. The smallest absolute Gasteiger partial charge is 0.253 e.